The SMILES string of the molecule is Cc1cc(F)ccc1NC(=O)CC[C@H]1CCCN(C(=O)CN2CCCC2=O)C1. The van der Waals surface area contributed by atoms with Gasteiger partial charge >= 0.3 is 0 Å². The van der Waals surface area contributed by atoms with Crippen molar-refractivity contribution in [1.82, 2.24) is 9.80 Å². The molecule has 3 rings (SSSR count). The van der Waals surface area contributed by atoms with Crippen LogP contribution in [0, 0.1) is 18.7 Å². The summed E-state index contributed by atoms with van der Waals surface area (Å²) in [5, 5.41) is 2.83. The van der Waals surface area contributed by atoms with Gasteiger partial charge in [-0.2, -0.15) is 0 Å². The number of anilines is 1. The van der Waals surface area contributed by atoms with Crippen molar-refractivity contribution in [3.8, 4) is 0 Å². The Morgan fingerprint density at radius 3 is 2.79 bits per heavy atom. The van der Waals surface area contributed by atoms with Crippen LogP contribution in [0.2, 0.25) is 0 Å². The minimum absolute atomic E-state index is 0.00587. The Morgan fingerprint density at radius 2 is 2.07 bits per heavy atom. The molecule has 0 saturated carbocycles. The lowest BCUT2D eigenvalue weighted by Crippen LogP contribution is -2.45. The number of hydrogen-bond donors (Lipinski definition) is 1. The first-order chi connectivity index (χ1) is 13.4. The maximum atomic E-state index is 13.2. The zero-order chi connectivity index (χ0) is 20.1. The highest BCUT2D eigenvalue weighted by atomic mass is 19.1. The lowest BCUT2D eigenvalue weighted by Gasteiger charge is -2.33. The van der Waals surface area contributed by atoms with Crippen molar-refractivity contribution in [2.45, 2.75) is 45.4 Å². The number of halogens is 1. The fourth-order valence-electron chi connectivity index (χ4n) is 3.98. The predicted molar refractivity (Wildman–Crippen MR) is 104 cm³/mol. The summed E-state index contributed by atoms with van der Waals surface area (Å²) >= 11 is 0. The van der Waals surface area contributed by atoms with E-state index in [1.807, 2.05) is 4.90 Å². The van der Waals surface area contributed by atoms with E-state index < -0.39 is 0 Å². The third-order valence-corrected chi connectivity index (χ3v) is 5.61. The van der Waals surface area contributed by atoms with Gasteiger partial charge in [-0.15, -0.1) is 0 Å². The van der Waals surface area contributed by atoms with Crippen LogP contribution >= 0.6 is 0 Å². The number of benzene rings is 1. The van der Waals surface area contributed by atoms with E-state index in [9.17, 15) is 18.8 Å². The zero-order valence-corrected chi connectivity index (χ0v) is 16.4. The van der Waals surface area contributed by atoms with Crippen LogP contribution in [0.25, 0.3) is 0 Å². The quantitative estimate of drug-likeness (QED) is 0.813. The number of carbonyl (C=O) groups excluding carboxylic acids is 3. The Hall–Kier alpha value is -2.44. The molecule has 2 aliphatic heterocycles. The number of piperidine rings is 1. The molecule has 2 saturated heterocycles. The molecule has 1 aromatic rings. The van der Waals surface area contributed by atoms with E-state index >= 15 is 0 Å². The molecule has 0 bridgehead atoms. The van der Waals surface area contributed by atoms with Crippen molar-refractivity contribution >= 4 is 23.4 Å². The zero-order valence-electron chi connectivity index (χ0n) is 16.4. The second-order valence-electron chi connectivity index (χ2n) is 7.81. The number of nitrogens with one attached hydrogen (secondary N) is 1. The maximum absolute atomic E-state index is 13.2. The molecular weight excluding hydrogens is 361 g/mol. The van der Waals surface area contributed by atoms with Crippen LogP contribution in [0.15, 0.2) is 18.2 Å². The summed E-state index contributed by atoms with van der Waals surface area (Å²) in [7, 11) is 0. The van der Waals surface area contributed by atoms with Gasteiger partial charge in [-0.05, 0) is 62.3 Å². The number of aryl methyl sites for hydroxylation is 1. The molecule has 6 nitrogen and oxygen atoms in total. The number of nitrogens with zero attached hydrogens (tertiary/aromatic N) is 2. The second kappa shape index (κ2) is 9.17. The summed E-state index contributed by atoms with van der Waals surface area (Å²) in [5.41, 5.74) is 1.32. The highest BCUT2D eigenvalue weighted by Crippen LogP contribution is 2.23. The van der Waals surface area contributed by atoms with Crippen LogP contribution in [0.5, 0.6) is 0 Å². The average Bonchev–Trinajstić information content (AvgIpc) is 3.07. The predicted octanol–water partition coefficient (Wildman–Crippen LogP) is 2.71. The Bertz CT molecular complexity index is 752. The van der Waals surface area contributed by atoms with Crippen molar-refractivity contribution in [3.05, 3.63) is 29.6 Å². The largest absolute Gasteiger partial charge is 0.341 e. The maximum Gasteiger partial charge on any atom is 0.242 e. The smallest absolute Gasteiger partial charge is 0.242 e. The van der Waals surface area contributed by atoms with Crippen molar-refractivity contribution < 1.29 is 18.8 Å². The van der Waals surface area contributed by atoms with Gasteiger partial charge in [0.2, 0.25) is 17.7 Å². The van der Waals surface area contributed by atoms with Gasteiger partial charge in [-0.25, -0.2) is 4.39 Å². The Balaban J connectivity index is 1.44. The molecule has 0 spiro atoms. The van der Waals surface area contributed by atoms with Gasteiger partial charge in [0.1, 0.15) is 5.82 Å². The standard InChI is InChI=1S/C21H28FN3O3/c1-15-12-17(22)7-8-18(15)23-19(26)9-6-16-4-2-10-24(13-16)21(28)14-25-11-3-5-20(25)27/h7-8,12,16H,2-6,9-11,13-14H2,1H3,(H,23,26)/t16-/m1/s1. The van der Waals surface area contributed by atoms with Crippen molar-refractivity contribution in [1.29, 1.82) is 0 Å². The molecule has 0 radical (unpaired) electrons. The van der Waals surface area contributed by atoms with E-state index in [1.165, 1.54) is 12.1 Å². The molecule has 152 valence electrons. The molecule has 3 amide bonds. The molecule has 2 heterocycles. The van der Waals surface area contributed by atoms with Crippen molar-refractivity contribution in [3.63, 3.8) is 0 Å². The van der Waals surface area contributed by atoms with Crippen molar-refractivity contribution in [2.75, 3.05) is 31.5 Å². The Labute approximate surface area is 165 Å². The van der Waals surface area contributed by atoms with E-state index in [2.05, 4.69) is 5.32 Å². The molecule has 0 aliphatic carbocycles. The van der Waals surface area contributed by atoms with Gasteiger partial charge in [0.25, 0.3) is 0 Å². The third kappa shape index (κ3) is 5.30. The van der Waals surface area contributed by atoms with Crippen LogP contribution in [0.4, 0.5) is 10.1 Å². The molecule has 1 atom stereocenters. The van der Waals surface area contributed by atoms with Crippen LogP contribution in [-0.4, -0.2) is 53.7 Å². The van der Waals surface area contributed by atoms with Crippen LogP contribution in [0.3, 0.4) is 0 Å². The molecule has 0 aromatic heterocycles. The van der Waals surface area contributed by atoms with E-state index in [0.29, 0.717) is 43.6 Å². The van der Waals surface area contributed by atoms with Gasteiger partial charge in [-0.3, -0.25) is 14.4 Å². The fourth-order valence-corrected chi connectivity index (χ4v) is 3.98. The molecular formula is C21H28FN3O3. The molecule has 28 heavy (non-hydrogen) atoms. The molecule has 7 heteroatoms. The minimum Gasteiger partial charge on any atom is -0.341 e. The highest BCUT2D eigenvalue weighted by molar-refractivity contribution is 5.91. The van der Waals surface area contributed by atoms with E-state index in [4.69, 9.17) is 0 Å². The number of hydrogen-bond acceptors (Lipinski definition) is 3. The lowest BCUT2D eigenvalue weighted by molar-refractivity contribution is -0.139. The molecule has 2 aliphatic rings. The van der Waals surface area contributed by atoms with Crippen LogP contribution < -0.4 is 5.32 Å². The van der Waals surface area contributed by atoms with Crippen LogP contribution in [-0.2, 0) is 14.4 Å². The first kappa shape index (κ1) is 20.3. The van der Waals surface area contributed by atoms with Gasteiger partial charge in [0, 0.05) is 38.2 Å². The monoisotopic (exact) mass is 389 g/mol. The number of amides is 3. The lowest BCUT2D eigenvalue weighted by atomic mass is 9.93. The first-order valence-corrected chi connectivity index (χ1v) is 10.0. The van der Waals surface area contributed by atoms with Crippen LogP contribution in [0.1, 0.15) is 44.1 Å². The number of carbonyl (C=O) groups is 3. The molecule has 2 fully saturated rings. The molecule has 1 aromatic carbocycles. The number of likely N-dealkylation sites (tertiary alicyclic amines) is 2. The normalized spacial score (nSPS) is 19.8. The summed E-state index contributed by atoms with van der Waals surface area (Å²) in [4.78, 5) is 40.0. The van der Waals surface area contributed by atoms with Crippen molar-refractivity contribution in [2.24, 2.45) is 5.92 Å². The van der Waals surface area contributed by atoms with E-state index in [0.717, 1.165) is 25.8 Å². The summed E-state index contributed by atoms with van der Waals surface area (Å²) in [6.07, 6.45) is 4.36. The summed E-state index contributed by atoms with van der Waals surface area (Å²) in [6, 6.07) is 4.30. The summed E-state index contributed by atoms with van der Waals surface area (Å²) < 4.78 is 13.2. The first-order valence-electron chi connectivity index (χ1n) is 10.0. The third-order valence-electron chi connectivity index (χ3n) is 5.61. The summed E-state index contributed by atoms with van der Waals surface area (Å²) in [6.45, 7) is 3.97. The van der Waals surface area contributed by atoms with Gasteiger partial charge in [0.15, 0.2) is 0 Å². The van der Waals surface area contributed by atoms with Gasteiger partial charge in [-0.1, -0.05) is 0 Å². The van der Waals surface area contributed by atoms with E-state index in [-0.39, 0.29) is 36.0 Å². The highest BCUT2D eigenvalue weighted by Gasteiger charge is 2.28. The minimum atomic E-state index is -0.321. The van der Waals surface area contributed by atoms with Gasteiger partial charge in [0.05, 0.1) is 6.54 Å². The topological polar surface area (TPSA) is 69.7 Å². The molecule has 0 unspecified atom stereocenters. The van der Waals surface area contributed by atoms with Gasteiger partial charge < -0.3 is 15.1 Å². The average molecular weight is 389 g/mol. The second-order valence-corrected chi connectivity index (χ2v) is 7.81. The Kier molecular flexibility index (Phi) is 6.65. The van der Waals surface area contributed by atoms with E-state index in [1.54, 1.807) is 17.9 Å². The molecule has 1 N–H and O–H groups in total. The fraction of sp³-hybridized carbons (Fsp3) is 0.571. The summed E-state index contributed by atoms with van der Waals surface area (Å²) in [5.74, 6) is -0.0630. The number of rotatable bonds is 6. The Morgan fingerprint density at radius 1 is 1.25 bits per heavy atom.